The van der Waals surface area contributed by atoms with E-state index in [1.165, 1.54) is 12.1 Å². The number of halogens is 1. The van der Waals surface area contributed by atoms with E-state index in [-0.39, 0.29) is 23.7 Å². The number of carbonyl (C=O) groups excluding carboxylic acids is 2. The monoisotopic (exact) mass is 426 g/mol. The van der Waals surface area contributed by atoms with Crippen molar-refractivity contribution in [1.82, 2.24) is 19.8 Å². The van der Waals surface area contributed by atoms with Gasteiger partial charge in [0.25, 0.3) is 5.91 Å². The zero-order valence-electron chi connectivity index (χ0n) is 18.6. The summed E-state index contributed by atoms with van der Waals surface area (Å²) >= 11 is 0. The fourth-order valence-electron chi connectivity index (χ4n) is 4.08. The Morgan fingerprint density at radius 1 is 1.16 bits per heavy atom. The van der Waals surface area contributed by atoms with Crippen LogP contribution in [0.5, 0.6) is 0 Å². The maximum atomic E-state index is 13.1. The normalized spacial score (nSPS) is 16.3. The summed E-state index contributed by atoms with van der Waals surface area (Å²) in [5, 5.41) is 0. The van der Waals surface area contributed by atoms with E-state index < -0.39 is 0 Å². The second kappa shape index (κ2) is 10.5. The highest BCUT2D eigenvalue weighted by atomic mass is 19.1. The average molecular weight is 427 g/mol. The minimum Gasteiger partial charge on any atom is -0.339 e. The van der Waals surface area contributed by atoms with E-state index >= 15 is 0 Å². The minimum atomic E-state index is -0.276. The zero-order chi connectivity index (χ0) is 22.4. The number of aryl methyl sites for hydroxylation is 2. The lowest BCUT2D eigenvalue weighted by molar-refractivity contribution is -0.135. The summed E-state index contributed by atoms with van der Waals surface area (Å²) in [6, 6.07) is 6.09. The molecule has 1 saturated heterocycles. The molecular formula is C24H31FN4O2. The number of likely N-dealkylation sites (tertiary alicyclic amines) is 1. The number of carbonyl (C=O) groups is 2. The van der Waals surface area contributed by atoms with E-state index in [1.807, 2.05) is 25.7 Å². The van der Waals surface area contributed by atoms with Crippen LogP contribution in [0.4, 0.5) is 4.39 Å². The van der Waals surface area contributed by atoms with Gasteiger partial charge < -0.3 is 9.80 Å². The Hall–Kier alpha value is -2.83. The van der Waals surface area contributed by atoms with E-state index in [2.05, 4.69) is 9.97 Å². The summed E-state index contributed by atoms with van der Waals surface area (Å²) in [7, 11) is 0. The predicted molar refractivity (Wildman–Crippen MR) is 117 cm³/mol. The third-order valence-electron chi connectivity index (χ3n) is 5.94. The van der Waals surface area contributed by atoms with Crippen LogP contribution in [-0.4, -0.2) is 51.2 Å². The van der Waals surface area contributed by atoms with Crippen LogP contribution >= 0.6 is 0 Å². The standard InChI is InChI=1S/C24H31FN4O2/c1-4-28(5-2)24(31)20-16-26-23(27-17(20)3)21-8-6-7-15-29(21)22(30)14-11-18-9-12-19(25)13-10-18/h9-10,12-13,16,21H,4-8,11,14-15H2,1-3H3/t21-/m0/s1. The summed E-state index contributed by atoms with van der Waals surface area (Å²) < 4.78 is 13.1. The molecule has 1 aliphatic heterocycles. The molecule has 1 aromatic heterocycles. The third-order valence-corrected chi connectivity index (χ3v) is 5.94. The van der Waals surface area contributed by atoms with Crippen molar-refractivity contribution in [3.63, 3.8) is 0 Å². The average Bonchev–Trinajstić information content (AvgIpc) is 2.79. The minimum absolute atomic E-state index is 0.0542. The number of rotatable bonds is 7. The van der Waals surface area contributed by atoms with Crippen molar-refractivity contribution in [1.29, 1.82) is 0 Å². The predicted octanol–water partition coefficient (Wildman–Crippen LogP) is 4.09. The van der Waals surface area contributed by atoms with Crippen molar-refractivity contribution >= 4 is 11.8 Å². The second-order valence-electron chi connectivity index (χ2n) is 7.93. The van der Waals surface area contributed by atoms with E-state index in [4.69, 9.17) is 0 Å². The highest BCUT2D eigenvalue weighted by molar-refractivity contribution is 5.94. The summed E-state index contributed by atoms with van der Waals surface area (Å²) in [4.78, 5) is 38.4. The number of aromatic nitrogens is 2. The second-order valence-corrected chi connectivity index (χ2v) is 7.93. The molecule has 0 bridgehead atoms. The van der Waals surface area contributed by atoms with E-state index in [0.717, 1.165) is 24.8 Å². The van der Waals surface area contributed by atoms with Crippen molar-refractivity contribution in [3.05, 3.63) is 58.9 Å². The first kappa shape index (κ1) is 22.8. The molecule has 7 heteroatoms. The first-order valence-electron chi connectivity index (χ1n) is 11.1. The smallest absolute Gasteiger partial charge is 0.257 e. The van der Waals surface area contributed by atoms with Gasteiger partial charge in [-0.3, -0.25) is 9.59 Å². The van der Waals surface area contributed by atoms with Crippen LogP contribution < -0.4 is 0 Å². The Kier molecular flexibility index (Phi) is 7.71. The largest absolute Gasteiger partial charge is 0.339 e. The van der Waals surface area contributed by atoms with Gasteiger partial charge in [0.15, 0.2) is 5.82 Å². The lowest BCUT2D eigenvalue weighted by Crippen LogP contribution is -2.39. The molecule has 1 atom stereocenters. The van der Waals surface area contributed by atoms with Gasteiger partial charge in [-0.25, -0.2) is 14.4 Å². The van der Waals surface area contributed by atoms with Gasteiger partial charge in [-0.2, -0.15) is 0 Å². The molecule has 1 aromatic carbocycles. The molecule has 0 N–H and O–H groups in total. The van der Waals surface area contributed by atoms with Gasteiger partial charge in [0.1, 0.15) is 5.82 Å². The van der Waals surface area contributed by atoms with Crippen molar-refractivity contribution in [2.45, 2.75) is 58.9 Å². The molecule has 0 spiro atoms. The Bertz CT molecular complexity index is 912. The Balaban J connectivity index is 1.73. The molecule has 0 unspecified atom stereocenters. The van der Waals surface area contributed by atoms with Crippen LogP contribution in [0.25, 0.3) is 0 Å². The molecule has 1 aliphatic rings. The van der Waals surface area contributed by atoms with Crippen molar-refractivity contribution in [2.24, 2.45) is 0 Å². The van der Waals surface area contributed by atoms with Gasteiger partial charge in [-0.15, -0.1) is 0 Å². The Morgan fingerprint density at radius 2 is 1.87 bits per heavy atom. The van der Waals surface area contributed by atoms with Crippen LogP contribution in [0.15, 0.2) is 30.5 Å². The van der Waals surface area contributed by atoms with Crippen LogP contribution in [0.3, 0.4) is 0 Å². The first-order valence-corrected chi connectivity index (χ1v) is 11.1. The van der Waals surface area contributed by atoms with Gasteiger partial charge in [0.2, 0.25) is 5.91 Å². The van der Waals surface area contributed by atoms with Gasteiger partial charge >= 0.3 is 0 Å². The number of nitrogens with zero attached hydrogens (tertiary/aromatic N) is 4. The zero-order valence-corrected chi connectivity index (χ0v) is 18.6. The Morgan fingerprint density at radius 3 is 2.52 bits per heavy atom. The number of amides is 2. The van der Waals surface area contributed by atoms with Gasteiger partial charge in [0.05, 0.1) is 17.3 Å². The molecule has 0 aliphatic carbocycles. The molecule has 2 aromatic rings. The van der Waals surface area contributed by atoms with Gasteiger partial charge in [-0.05, 0) is 64.2 Å². The van der Waals surface area contributed by atoms with Crippen LogP contribution in [-0.2, 0) is 11.2 Å². The van der Waals surface area contributed by atoms with E-state index in [0.29, 0.717) is 49.6 Å². The number of benzene rings is 1. The SMILES string of the molecule is CCN(CC)C(=O)c1cnc([C@@H]2CCCCN2C(=O)CCc2ccc(F)cc2)nc1C. The molecular weight excluding hydrogens is 395 g/mol. The Labute approximate surface area is 183 Å². The first-order chi connectivity index (χ1) is 14.9. The summed E-state index contributed by atoms with van der Waals surface area (Å²) in [6.45, 7) is 7.67. The molecule has 166 valence electrons. The van der Waals surface area contributed by atoms with Gasteiger partial charge in [-0.1, -0.05) is 12.1 Å². The molecule has 2 amide bonds. The molecule has 1 fully saturated rings. The van der Waals surface area contributed by atoms with Crippen molar-refractivity contribution in [2.75, 3.05) is 19.6 Å². The third kappa shape index (κ3) is 5.46. The van der Waals surface area contributed by atoms with Crippen LogP contribution in [0.2, 0.25) is 0 Å². The maximum absolute atomic E-state index is 13.1. The highest BCUT2D eigenvalue weighted by Crippen LogP contribution is 2.30. The molecule has 6 nitrogen and oxygen atoms in total. The fraction of sp³-hybridized carbons (Fsp3) is 0.500. The summed E-state index contributed by atoms with van der Waals surface area (Å²) in [5.74, 6) is 0.313. The molecule has 31 heavy (non-hydrogen) atoms. The summed E-state index contributed by atoms with van der Waals surface area (Å²) in [6.07, 6.45) is 5.31. The van der Waals surface area contributed by atoms with Crippen LogP contribution in [0.1, 0.15) is 73.0 Å². The summed E-state index contributed by atoms with van der Waals surface area (Å²) in [5.41, 5.74) is 2.10. The lowest BCUT2D eigenvalue weighted by Gasteiger charge is -2.35. The molecule has 3 rings (SSSR count). The van der Waals surface area contributed by atoms with Crippen LogP contribution in [0, 0.1) is 12.7 Å². The number of hydrogen-bond donors (Lipinski definition) is 0. The highest BCUT2D eigenvalue weighted by Gasteiger charge is 2.30. The van der Waals surface area contributed by atoms with Gasteiger partial charge in [0, 0.05) is 32.3 Å². The van der Waals surface area contributed by atoms with E-state index in [1.54, 1.807) is 23.2 Å². The molecule has 0 radical (unpaired) electrons. The van der Waals surface area contributed by atoms with Crippen molar-refractivity contribution < 1.29 is 14.0 Å². The maximum Gasteiger partial charge on any atom is 0.257 e. The lowest BCUT2D eigenvalue weighted by atomic mass is 9.99. The topological polar surface area (TPSA) is 66.4 Å². The van der Waals surface area contributed by atoms with E-state index in [9.17, 15) is 14.0 Å². The number of piperidine rings is 1. The quantitative estimate of drug-likeness (QED) is 0.669. The number of hydrogen-bond acceptors (Lipinski definition) is 4. The fourth-order valence-corrected chi connectivity index (χ4v) is 4.08. The van der Waals surface area contributed by atoms with Crippen molar-refractivity contribution in [3.8, 4) is 0 Å². The molecule has 2 heterocycles. The molecule has 0 saturated carbocycles.